The smallest absolute Gasteiger partial charge is 0.250 e. The lowest BCUT2D eigenvalue weighted by Gasteiger charge is -2.24. The molecule has 0 aliphatic heterocycles. The van der Waals surface area contributed by atoms with Crippen molar-refractivity contribution in [2.24, 2.45) is 5.73 Å². The highest BCUT2D eigenvalue weighted by molar-refractivity contribution is 6.34. The zero-order valence-electron chi connectivity index (χ0n) is 11.6. The predicted molar refractivity (Wildman–Crippen MR) is 84.1 cm³/mol. The molecular formula is C15H22ClN3O. The van der Waals surface area contributed by atoms with Gasteiger partial charge in [0.2, 0.25) is 0 Å². The topological polar surface area (TPSA) is 81.1 Å². The van der Waals surface area contributed by atoms with Gasteiger partial charge in [0.15, 0.2) is 0 Å². The molecule has 0 atom stereocenters. The van der Waals surface area contributed by atoms with Crippen LogP contribution in [0.5, 0.6) is 0 Å². The number of amides is 1. The quantitative estimate of drug-likeness (QED) is 0.746. The van der Waals surface area contributed by atoms with Gasteiger partial charge >= 0.3 is 0 Å². The SMILES string of the molecule is NC(=O)c1cc(N)cc(Cl)c1NC1CCCCCCC1. The van der Waals surface area contributed by atoms with Crippen LogP contribution in [-0.2, 0) is 0 Å². The normalized spacial score (nSPS) is 17.2. The summed E-state index contributed by atoms with van der Waals surface area (Å²) in [5, 5.41) is 3.86. The van der Waals surface area contributed by atoms with Gasteiger partial charge in [0, 0.05) is 11.7 Å². The molecule has 110 valence electrons. The van der Waals surface area contributed by atoms with Gasteiger partial charge in [0.05, 0.1) is 16.3 Å². The number of nitrogen functional groups attached to an aromatic ring is 1. The number of rotatable bonds is 3. The molecule has 0 bridgehead atoms. The van der Waals surface area contributed by atoms with E-state index in [1.54, 1.807) is 12.1 Å². The summed E-state index contributed by atoms with van der Waals surface area (Å²) < 4.78 is 0. The van der Waals surface area contributed by atoms with Gasteiger partial charge in [-0.05, 0) is 25.0 Å². The third kappa shape index (κ3) is 3.79. The lowest BCUT2D eigenvalue weighted by Crippen LogP contribution is -2.24. The third-order valence-corrected chi connectivity index (χ3v) is 4.13. The van der Waals surface area contributed by atoms with E-state index in [0.717, 1.165) is 12.8 Å². The summed E-state index contributed by atoms with van der Waals surface area (Å²) in [6.45, 7) is 0. The van der Waals surface area contributed by atoms with Crippen LogP contribution in [0.2, 0.25) is 5.02 Å². The van der Waals surface area contributed by atoms with E-state index >= 15 is 0 Å². The Kier molecular flexibility index (Phi) is 5.12. The molecule has 0 unspecified atom stereocenters. The van der Waals surface area contributed by atoms with Gasteiger partial charge in [-0.2, -0.15) is 0 Å². The molecule has 1 aromatic carbocycles. The number of carbonyl (C=O) groups excluding carboxylic acids is 1. The van der Waals surface area contributed by atoms with Crippen molar-refractivity contribution in [2.45, 2.75) is 51.0 Å². The summed E-state index contributed by atoms with van der Waals surface area (Å²) in [5.74, 6) is -0.507. The maximum Gasteiger partial charge on any atom is 0.250 e. The molecule has 5 N–H and O–H groups in total. The molecule has 2 rings (SSSR count). The van der Waals surface area contributed by atoms with Gasteiger partial charge < -0.3 is 16.8 Å². The van der Waals surface area contributed by atoms with Gasteiger partial charge in [-0.1, -0.05) is 43.7 Å². The van der Waals surface area contributed by atoms with Gasteiger partial charge in [0.1, 0.15) is 0 Å². The van der Waals surface area contributed by atoms with Crippen molar-refractivity contribution in [3.8, 4) is 0 Å². The number of nitrogens with one attached hydrogen (secondary N) is 1. The first-order chi connectivity index (χ1) is 9.58. The summed E-state index contributed by atoms with van der Waals surface area (Å²) in [5.41, 5.74) is 12.6. The van der Waals surface area contributed by atoms with Crippen molar-refractivity contribution in [2.75, 3.05) is 11.1 Å². The van der Waals surface area contributed by atoms with E-state index in [4.69, 9.17) is 23.1 Å². The molecule has 1 fully saturated rings. The first-order valence-electron chi connectivity index (χ1n) is 7.23. The van der Waals surface area contributed by atoms with E-state index in [9.17, 15) is 4.79 Å². The molecule has 1 saturated carbocycles. The second-order valence-corrected chi connectivity index (χ2v) is 5.88. The van der Waals surface area contributed by atoms with E-state index < -0.39 is 5.91 Å². The number of hydrogen-bond donors (Lipinski definition) is 3. The zero-order valence-corrected chi connectivity index (χ0v) is 12.4. The molecule has 0 heterocycles. The zero-order chi connectivity index (χ0) is 14.5. The monoisotopic (exact) mass is 295 g/mol. The predicted octanol–water partition coefficient (Wildman–Crippen LogP) is 3.55. The van der Waals surface area contributed by atoms with Crippen LogP contribution in [0.25, 0.3) is 0 Å². The Balaban J connectivity index is 2.20. The molecule has 4 nitrogen and oxygen atoms in total. The number of primary amides is 1. The summed E-state index contributed by atoms with van der Waals surface area (Å²) in [7, 11) is 0. The Morgan fingerprint density at radius 1 is 1.15 bits per heavy atom. The first kappa shape index (κ1) is 15.0. The molecule has 0 spiro atoms. The molecule has 1 amide bonds. The van der Waals surface area contributed by atoms with Crippen LogP contribution in [0.1, 0.15) is 55.3 Å². The molecule has 20 heavy (non-hydrogen) atoms. The number of nitrogens with two attached hydrogens (primary N) is 2. The minimum absolute atomic E-state index is 0.342. The van der Waals surface area contributed by atoms with Crippen LogP contribution >= 0.6 is 11.6 Å². The highest BCUT2D eigenvalue weighted by Crippen LogP contribution is 2.31. The van der Waals surface area contributed by atoms with E-state index in [2.05, 4.69) is 5.32 Å². The Bertz CT molecular complexity index is 482. The Labute approximate surface area is 124 Å². The van der Waals surface area contributed by atoms with Gasteiger partial charge in [-0.3, -0.25) is 4.79 Å². The number of halogens is 1. The fourth-order valence-electron chi connectivity index (χ4n) is 2.77. The van der Waals surface area contributed by atoms with Gasteiger partial charge in [-0.25, -0.2) is 0 Å². The number of anilines is 2. The number of benzene rings is 1. The van der Waals surface area contributed by atoms with Crippen LogP contribution in [-0.4, -0.2) is 11.9 Å². The second-order valence-electron chi connectivity index (χ2n) is 5.48. The fraction of sp³-hybridized carbons (Fsp3) is 0.533. The Hall–Kier alpha value is -1.42. The number of hydrogen-bond acceptors (Lipinski definition) is 3. The number of carbonyl (C=O) groups is 1. The molecular weight excluding hydrogens is 274 g/mol. The summed E-state index contributed by atoms with van der Waals surface area (Å²) in [6.07, 6.45) is 8.47. The first-order valence-corrected chi connectivity index (χ1v) is 7.61. The molecule has 1 aliphatic rings. The average molecular weight is 296 g/mol. The van der Waals surface area contributed by atoms with Gasteiger partial charge in [0.25, 0.3) is 5.91 Å². The summed E-state index contributed by atoms with van der Waals surface area (Å²) in [6, 6.07) is 3.58. The molecule has 0 aromatic heterocycles. The largest absolute Gasteiger partial charge is 0.399 e. The molecule has 5 heteroatoms. The lowest BCUT2D eigenvalue weighted by molar-refractivity contribution is 0.100. The van der Waals surface area contributed by atoms with Crippen LogP contribution in [0.15, 0.2) is 12.1 Å². The molecule has 0 saturated heterocycles. The van der Waals surface area contributed by atoms with Crippen LogP contribution in [0, 0.1) is 0 Å². The molecule has 0 radical (unpaired) electrons. The molecule has 1 aromatic rings. The van der Waals surface area contributed by atoms with E-state index in [0.29, 0.717) is 28.0 Å². The van der Waals surface area contributed by atoms with Gasteiger partial charge in [-0.15, -0.1) is 0 Å². The standard InChI is InChI=1S/C15H22ClN3O/c16-13-9-10(17)8-12(15(18)20)14(13)19-11-6-4-2-1-3-5-7-11/h8-9,11,19H,1-7,17H2,(H2,18,20). The van der Waals surface area contributed by atoms with E-state index in [-0.39, 0.29) is 0 Å². The summed E-state index contributed by atoms with van der Waals surface area (Å²) in [4.78, 5) is 11.6. The van der Waals surface area contributed by atoms with Crippen molar-refractivity contribution in [3.63, 3.8) is 0 Å². The fourth-order valence-corrected chi connectivity index (χ4v) is 3.06. The van der Waals surface area contributed by atoms with E-state index in [1.165, 1.54) is 32.1 Å². The Morgan fingerprint density at radius 2 is 1.75 bits per heavy atom. The highest BCUT2D eigenvalue weighted by Gasteiger charge is 2.18. The van der Waals surface area contributed by atoms with Crippen LogP contribution in [0.4, 0.5) is 11.4 Å². The van der Waals surface area contributed by atoms with Crippen LogP contribution < -0.4 is 16.8 Å². The maximum atomic E-state index is 11.6. The minimum atomic E-state index is -0.507. The second kappa shape index (κ2) is 6.84. The van der Waals surface area contributed by atoms with Crippen molar-refractivity contribution >= 4 is 28.9 Å². The summed E-state index contributed by atoms with van der Waals surface area (Å²) >= 11 is 6.22. The van der Waals surface area contributed by atoms with E-state index in [1.807, 2.05) is 0 Å². The maximum absolute atomic E-state index is 11.6. The van der Waals surface area contributed by atoms with Crippen molar-refractivity contribution in [1.29, 1.82) is 0 Å². The van der Waals surface area contributed by atoms with Crippen LogP contribution in [0.3, 0.4) is 0 Å². The van der Waals surface area contributed by atoms with Crippen molar-refractivity contribution in [1.82, 2.24) is 0 Å². The minimum Gasteiger partial charge on any atom is -0.399 e. The highest BCUT2D eigenvalue weighted by atomic mass is 35.5. The molecule has 1 aliphatic carbocycles. The van der Waals surface area contributed by atoms with Crippen molar-refractivity contribution < 1.29 is 4.79 Å². The third-order valence-electron chi connectivity index (χ3n) is 3.83. The lowest BCUT2D eigenvalue weighted by atomic mass is 9.96. The Morgan fingerprint density at radius 3 is 2.35 bits per heavy atom. The average Bonchev–Trinajstić information content (AvgIpc) is 2.34. The van der Waals surface area contributed by atoms with Crippen molar-refractivity contribution in [3.05, 3.63) is 22.7 Å².